The number of rotatable bonds is 5. The van der Waals surface area contributed by atoms with Crippen molar-refractivity contribution in [3.05, 3.63) is 50.7 Å². The average molecular weight is 414 g/mol. The van der Waals surface area contributed by atoms with Crippen LogP contribution in [0.5, 0.6) is 0 Å². The maximum absolute atomic E-state index is 12.2. The summed E-state index contributed by atoms with van der Waals surface area (Å²) >= 11 is 6.91. The fourth-order valence-corrected chi connectivity index (χ4v) is 4.75. The number of aryl methyl sites for hydroxylation is 1. The van der Waals surface area contributed by atoms with Gasteiger partial charge in [-0.15, -0.1) is 11.3 Å². The molecule has 1 aliphatic rings. The fourth-order valence-electron chi connectivity index (χ4n) is 2.78. The zero-order valence-corrected chi connectivity index (χ0v) is 16.3. The molecule has 2 aromatic rings. The summed E-state index contributed by atoms with van der Waals surface area (Å²) in [6.45, 7) is 0.0513. The van der Waals surface area contributed by atoms with Gasteiger partial charge in [-0.1, -0.05) is 11.6 Å². The topological polar surface area (TPSA) is 80.8 Å². The maximum Gasteiger partial charge on any atom is 0.338 e. The molecule has 0 saturated carbocycles. The number of carbonyl (C=O) groups is 2. The molecule has 6 nitrogen and oxygen atoms in total. The summed E-state index contributed by atoms with van der Waals surface area (Å²) in [5.41, 5.74) is 1.64. The van der Waals surface area contributed by atoms with Gasteiger partial charge in [0.25, 0.3) is 0 Å². The molecule has 138 valence electrons. The van der Waals surface area contributed by atoms with Crippen LogP contribution in [0, 0.1) is 0 Å². The zero-order chi connectivity index (χ0) is 18.9. The summed E-state index contributed by atoms with van der Waals surface area (Å²) in [4.78, 5) is 24.6. The Morgan fingerprint density at radius 2 is 2.04 bits per heavy atom. The number of Topliss-reactive ketones (excluding diaryl/α,β-unsaturated/α-hetero) is 1. The number of fused-ring (bicyclic) bond motifs is 1. The predicted molar refractivity (Wildman–Crippen MR) is 101 cm³/mol. The second-order valence-electron chi connectivity index (χ2n) is 5.89. The minimum atomic E-state index is -3.36. The van der Waals surface area contributed by atoms with Crippen LogP contribution in [0.2, 0.25) is 4.34 Å². The molecule has 0 amide bonds. The summed E-state index contributed by atoms with van der Waals surface area (Å²) in [5.74, 6) is -0.947. The van der Waals surface area contributed by atoms with E-state index in [2.05, 4.69) is 0 Å². The largest absolute Gasteiger partial charge is 0.454 e. The SMILES string of the molecule is CS(=O)(=O)N1CCCc2cc(C(=O)OCC(=O)c3ccc(Cl)s3)ccc21. The molecule has 0 bridgehead atoms. The average Bonchev–Trinajstić information content (AvgIpc) is 3.04. The molecule has 1 aliphatic heterocycles. The van der Waals surface area contributed by atoms with Gasteiger partial charge in [-0.3, -0.25) is 9.10 Å². The third-order valence-corrected chi connectivity index (χ3v) is 6.43. The number of halogens is 1. The molecule has 26 heavy (non-hydrogen) atoms. The molecule has 0 saturated heterocycles. The van der Waals surface area contributed by atoms with Crippen LogP contribution >= 0.6 is 22.9 Å². The lowest BCUT2D eigenvalue weighted by atomic mass is 10.0. The first-order chi connectivity index (χ1) is 12.3. The van der Waals surface area contributed by atoms with E-state index >= 15 is 0 Å². The molecule has 0 spiro atoms. The summed E-state index contributed by atoms with van der Waals surface area (Å²) < 4.78 is 30.7. The third kappa shape index (κ3) is 4.08. The van der Waals surface area contributed by atoms with Crippen molar-refractivity contribution in [2.75, 3.05) is 23.7 Å². The Kier molecular flexibility index (Phi) is 5.36. The number of anilines is 1. The van der Waals surface area contributed by atoms with Crippen molar-refractivity contribution in [3.8, 4) is 0 Å². The van der Waals surface area contributed by atoms with Crippen molar-refractivity contribution in [2.24, 2.45) is 0 Å². The molecule has 9 heteroatoms. The van der Waals surface area contributed by atoms with Crippen LogP contribution in [0.3, 0.4) is 0 Å². The molecule has 1 aromatic heterocycles. The molecule has 3 rings (SSSR count). The highest BCUT2D eigenvalue weighted by Gasteiger charge is 2.25. The molecule has 2 heterocycles. The van der Waals surface area contributed by atoms with Gasteiger partial charge in [0.05, 0.1) is 26.7 Å². The number of esters is 1. The van der Waals surface area contributed by atoms with Crippen LogP contribution in [-0.2, 0) is 21.2 Å². The van der Waals surface area contributed by atoms with Crippen LogP contribution < -0.4 is 4.31 Å². The number of hydrogen-bond acceptors (Lipinski definition) is 6. The fraction of sp³-hybridized carbons (Fsp3) is 0.294. The second-order valence-corrected chi connectivity index (χ2v) is 9.51. The smallest absolute Gasteiger partial charge is 0.338 e. The molecule has 0 unspecified atom stereocenters. The maximum atomic E-state index is 12.2. The van der Waals surface area contributed by atoms with Gasteiger partial charge in [0, 0.05) is 6.54 Å². The number of sulfonamides is 1. The van der Waals surface area contributed by atoms with Gasteiger partial charge in [-0.25, -0.2) is 13.2 Å². The van der Waals surface area contributed by atoms with Crippen LogP contribution in [0.15, 0.2) is 30.3 Å². The quantitative estimate of drug-likeness (QED) is 0.555. The monoisotopic (exact) mass is 413 g/mol. The van der Waals surface area contributed by atoms with Gasteiger partial charge < -0.3 is 4.74 Å². The van der Waals surface area contributed by atoms with Crippen LogP contribution in [0.25, 0.3) is 0 Å². The summed E-state index contributed by atoms with van der Waals surface area (Å²) in [6.07, 6.45) is 2.51. The lowest BCUT2D eigenvalue weighted by Crippen LogP contribution is -2.34. The predicted octanol–water partition coefficient (Wildman–Crippen LogP) is 3.15. The summed E-state index contributed by atoms with van der Waals surface area (Å²) in [7, 11) is -3.36. The lowest BCUT2D eigenvalue weighted by molar-refractivity contribution is 0.0475. The Morgan fingerprint density at radius 1 is 1.27 bits per heavy atom. The van der Waals surface area contributed by atoms with Crippen LogP contribution in [0.4, 0.5) is 5.69 Å². The summed E-state index contributed by atoms with van der Waals surface area (Å²) in [6, 6.07) is 7.94. The van der Waals surface area contributed by atoms with E-state index in [0.717, 1.165) is 23.2 Å². The van der Waals surface area contributed by atoms with E-state index in [0.29, 0.717) is 34.3 Å². The van der Waals surface area contributed by atoms with Gasteiger partial charge in [-0.2, -0.15) is 0 Å². The Balaban J connectivity index is 1.72. The van der Waals surface area contributed by atoms with Gasteiger partial charge in [0.2, 0.25) is 15.8 Å². The number of thiophene rings is 1. The number of ether oxygens (including phenoxy) is 1. The Bertz CT molecular complexity index is 967. The molecule has 0 fully saturated rings. The van der Waals surface area contributed by atoms with Crippen molar-refractivity contribution in [1.82, 2.24) is 0 Å². The van der Waals surface area contributed by atoms with Crippen molar-refractivity contribution < 1.29 is 22.7 Å². The molecule has 0 radical (unpaired) electrons. The normalized spacial score (nSPS) is 14.0. The second kappa shape index (κ2) is 7.38. The van der Waals surface area contributed by atoms with E-state index in [9.17, 15) is 18.0 Å². The van der Waals surface area contributed by atoms with Gasteiger partial charge in [0.1, 0.15) is 0 Å². The minimum absolute atomic E-state index is 0.288. The van der Waals surface area contributed by atoms with E-state index in [-0.39, 0.29) is 18.0 Å². The molecule has 0 aliphatic carbocycles. The first kappa shape index (κ1) is 18.9. The number of hydrogen-bond donors (Lipinski definition) is 0. The summed E-state index contributed by atoms with van der Waals surface area (Å²) in [5, 5.41) is 0. The number of nitrogens with zero attached hydrogens (tertiary/aromatic N) is 1. The third-order valence-electron chi connectivity index (χ3n) is 3.97. The first-order valence-electron chi connectivity index (χ1n) is 7.82. The van der Waals surface area contributed by atoms with E-state index < -0.39 is 16.0 Å². The highest BCUT2D eigenvalue weighted by molar-refractivity contribution is 7.92. The lowest BCUT2D eigenvalue weighted by Gasteiger charge is -2.29. The highest BCUT2D eigenvalue weighted by Crippen LogP contribution is 2.30. The van der Waals surface area contributed by atoms with E-state index in [1.165, 1.54) is 10.4 Å². The van der Waals surface area contributed by atoms with E-state index in [4.69, 9.17) is 16.3 Å². The van der Waals surface area contributed by atoms with Gasteiger partial charge >= 0.3 is 5.97 Å². The Morgan fingerprint density at radius 3 is 2.69 bits per heavy atom. The Hall–Kier alpha value is -1.90. The first-order valence-corrected chi connectivity index (χ1v) is 10.9. The van der Waals surface area contributed by atoms with Gasteiger partial charge in [0.15, 0.2) is 6.61 Å². The molecular formula is C17H16ClNO5S2. The van der Waals surface area contributed by atoms with Gasteiger partial charge in [-0.05, 0) is 48.7 Å². The molecule has 0 atom stereocenters. The highest BCUT2D eigenvalue weighted by atomic mass is 35.5. The standard InChI is InChI=1S/C17H16ClNO5S2/c1-26(22,23)19-8-2-3-11-9-12(4-5-13(11)19)17(21)24-10-14(20)15-6-7-16(18)25-15/h4-7,9H,2-3,8,10H2,1H3. The van der Waals surface area contributed by atoms with Crippen LogP contribution in [-0.4, -0.2) is 39.6 Å². The number of carbonyl (C=O) groups excluding carboxylic acids is 2. The van der Waals surface area contributed by atoms with Crippen molar-refractivity contribution >= 4 is 50.4 Å². The number of ketones is 1. The van der Waals surface area contributed by atoms with E-state index in [1.807, 2.05) is 0 Å². The number of benzene rings is 1. The minimum Gasteiger partial charge on any atom is -0.454 e. The molecular weight excluding hydrogens is 398 g/mol. The van der Waals surface area contributed by atoms with Crippen LogP contribution in [0.1, 0.15) is 32.0 Å². The van der Waals surface area contributed by atoms with Crippen molar-refractivity contribution in [1.29, 1.82) is 0 Å². The van der Waals surface area contributed by atoms with Crippen molar-refractivity contribution in [3.63, 3.8) is 0 Å². The zero-order valence-electron chi connectivity index (χ0n) is 13.9. The molecule has 1 aromatic carbocycles. The van der Waals surface area contributed by atoms with Crippen molar-refractivity contribution in [2.45, 2.75) is 12.8 Å². The molecule has 0 N–H and O–H groups in total. The Labute approximate surface area is 160 Å². The van der Waals surface area contributed by atoms with E-state index in [1.54, 1.807) is 24.3 Å².